The molecular weight excluding hydrogens is 284 g/mol. The number of nitrogens with one attached hydrogen (secondary N) is 2. The maximum absolute atomic E-state index is 12.3. The van der Waals surface area contributed by atoms with E-state index in [-0.39, 0.29) is 11.8 Å². The van der Waals surface area contributed by atoms with Gasteiger partial charge in [-0.2, -0.15) is 5.10 Å². The average molecular weight is 300 g/mol. The second-order valence-corrected chi connectivity index (χ2v) is 5.00. The van der Waals surface area contributed by atoms with Crippen LogP contribution in [0.1, 0.15) is 23.7 Å². The highest BCUT2D eigenvalue weighted by Gasteiger charge is 2.21. The van der Waals surface area contributed by atoms with Gasteiger partial charge in [0.05, 0.1) is 12.8 Å². The van der Waals surface area contributed by atoms with Crippen LogP contribution in [-0.4, -0.2) is 28.2 Å². The van der Waals surface area contributed by atoms with Gasteiger partial charge >= 0.3 is 0 Å². The summed E-state index contributed by atoms with van der Waals surface area (Å²) in [6, 6.07) is 6.89. The number of aromatic nitrogens is 2. The average Bonchev–Trinajstić information content (AvgIpc) is 2.93. The van der Waals surface area contributed by atoms with Crippen LogP contribution in [0.15, 0.2) is 30.5 Å². The number of rotatable bonds is 3. The lowest BCUT2D eigenvalue weighted by molar-refractivity contribution is -0.114. The first-order valence-corrected chi connectivity index (χ1v) is 7.01. The van der Waals surface area contributed by atoms with Crippen molar-refractivity contribution in [3.63, 3.8) is 0 Å². The molecule has 2 N–H and O–H groups in total. The zero-order valence-corrected chi connectivity index (χ0v) is 12.1. The first-order valence-electron chi connectivity index (χ1n) is 7.01. The van der Waals surface area contributed by atoms with Crippen LogP contribution in [0.3, 0.4) is 0 Å². The SMILES string of the molecule is CC(=O)Nc1ccc(NC(=O)c2cnn3c2OCCC3)cc1. The van der Waals surface area contributed by atoms with Crippen molar-refractivity contribution < 1.29 is 14.3 Å². The lowest BCUT2D eigenvalue weighted by Crippen LogP contribution is -2.18. The Kier molecular flexibility index (Phi) is 3.78. The van der Waals surface area contributed by atoms with Crippen molar-refractivity contribution in [2.24, 2.45) is 0 Å². The number of carbonyl (C=O) groups is 2. The van der Waals surface area contributed by atoms with Crippen molar-refractivity contribution in [2.75, 3.05) is 17.2 Å². The molecule has 3 rings (SSSR count). The Morgan fingerprint density at radius 2 is 1.86 bits per heavy atom. The Balaban J connectivity index is 1.71. The number of ether oxygens (including phenoxy) is 1. The second kappa shape index (κ2) is 5.88. The third kappa shape index (κ3) is 2.93. The van der Waals surface area contributed by atoms with Crippen LogP contribution in [0.25, 0.3) is 0 Å². The topological polar surface area (TPSA) is 85.3 Å². The summed E-state index contributed by atoms with van der Waals surface area (Å²) in [7, 11) is 0. The van der Waals surface area contributed by atoms with Crippen LogP contribution in [0.2, 0.25) is 0 Å². The largest absolute Gasteiger partial charge is 0.477 e. The lowest BCUT2D eigenvalue weighted by Gasteiger charge is -2.15. The molecule has 0 bridgehead atoms. The predicted octanol–water partition coefficient (Wildman–Crippen LogP) is 1.88. The van der Waals surface area contributed by atoms with E-state index in [2.05, 4.69) is 15.7 Å². The van der Waals surface area contributed by atoms with E-state index >= 15 is 0 Å². The van der Waals surface area contributed by atoms with Gasteiger partial charge in [0.25, 0.3) is 5.91 Å². The molecule has 0 spiro atoms. The fraction of sp³-hybridized carbons (Fsp3) is 0.267. The lowest BCUT2D eigenvalue weighted by atomic mass is 10.2. The summed E-state index contributed by atoms with van der Waals surface area (Å²) in [5.41, 5.74) is 1.73. The van der Waals surface area contributed by atoms with Gasteiger partial charge in [0.15, 0.2) is 0 Å². The second-order valence-electron chi connectivity index (χ2n) is 5.00. The van der Waals surface area contributed by atoms with Gasteiger partial charge in [-0.3, -0.25) is 9.59 Å². The van der Waals surface area contributed by atoms with E-state index in [0.717, 1.165) is 13.0 Å². The van der Waals surface area contributed by atoms with Gasteiger partial charge in [0, 0.05) is 31.3 Å². The maximum atomic E-state index is 12.3. The number of aryl methyl sites for hydroxylation is 1. The summed E-state index contributed by atoms with van der Waals surface area (Å²) in [6.07, 6.45) is 2.40. The molecule has 114 valence electrons. The van der Waals surface area contributed by atoms with Gasteiger partial charge in [-0.15, -0.1) is 0 Å². The molecule has 0 fully saturated rings. The van der Waals surface area contributed by atoms with Crippen molar-refractivity contribution in [3.05, 3.63) is 36.0 Å². The van der Waals surface area contributed by atoms with E-state index in [9.17, 15) is 9.59 Å². The molecule has 1 aliphatic rings. The van der Waals surface area contributed by atoms with Crippen molar-refractivity contribution in [1.82, 2.24) is 9.78 Å². The van der Waals surface area contributed by atoms with E-state index in [1.54, 1.807) is 28.9 Å². The highest BCUT2D eigenvalue weighted by atomic mass is 16.5. The molecule has 0 aliphatic carbocycles. The fourth-order valence-electron chi connectivity index (χ4n) is 2.26. The van der Waals surface area contributed by atoms with Crippen LogP contribution < -0.4 is 15.4 Å². The van der Waals surface area contributed by atoms with Crippen LogP contribution in [0.5, 0.6) is 5.88 Å². The summed E-state index contributed by atoms with van der Waals surface area (Å²) in [6.45, 7) is 2.80. The number of anilines is 2. The van der Waals surface area contributed by atoms with Gasteiger partial charge in [0.1, 0.15) is 5.56 Å². The highest BCUT2D eigenvalue weighted by molar-refractivity contribution is 6.05. The number of carbonyl (C=O) groups excluding carboxylic acids is 2. The minimum Gasteiger partial charge on any atom is -0.477 e. The number of nitrogens with zero attached hydrogens (tertiary/aromatic N) is 2. The van der Waals surface area contributed by atoms with Gasteiger partial charge in [-0.25, -0.2) is 4.68 Å². The van der Waals surface area contributed by atoms with Crippen molar-refractivity contribution in [1.29, 1.82) is 0 Å². The summed E-state index contributed by atoms with van der Waals surface area (Å²) >= 11 is 0. The molecule has 7 heteroatoms. The Labute approximate surface area is 127 Å². The van der Waals surface area contributed by atoms with E-state index < -0.39 is 0 Å². The van der Waals surface area contributed by atoms with Crippen molar-refractivity contribution >= 4 is 23.2 Å². The van der Waals surface area contributed by atoms with E-state index in [4.69, 9.17) is 4.74 Å². The molecule has 2 aromatic rings. The molecule has 1 aromatic heterocycles. The van der Waals surface area contributed by atoms with Crippen molar-refractivity contribution in [3.8, 4) is 5.88 Å². The van der Waals surface area contributed by atoms with Gasteiger partial charge in [-0.05, 0) is 24.3 Å². The molecule has 7 nitrogen and oxygen atoms in total. The first-order chi connectivity index (χ1) is 10.6. The standard InChI is InChI=1S/C15H16N4O3/c1-10(20)17-11-3-5-12(6-4-11)18-14(21)13-9-16-19-7-2-8-22-15(13)19/h3-6,9H,2,7-8H2,1H3,(H,17,20)(H,18,21). The normalized spacial score (nSPS) is 13.0. The fourth-order valence-corrected chi connectivity index (χ4v) is 2.26. The molecule has 22 heavy (non-hydrogen) atoms. The molecule has 1 aromatic carbocycles. The molecule has 2 heterocycles. The summed E-state index contributed by atoms with van der Waals surface area (Å²) in [4.78, 5) is 23.3. The zero-order chi connectivity index (χ0) is 15.5. The van der Waals surface area contributed by atoms with Crippen LogP contribution >= 0.6 is 0 Å². The van der Waals surface area contributed by atoms with Gasteiger partial charge in [0.2, 0.25) is 11.8 Å². The number of hydrogen-bond donors (Lipinski definition) is 2. The molecule has 1 aliphatic heterocycles. The number of amides is 2. The third-order valence-electron chi connectivity index (χ3n) is 3.25. The highest BCUT2D eigenvalue weighted by Crippen LogP contribution is 2.23. The van der Waals surface area contributed by atoms with Crippen LogP contribution in [0.4, 0.5) is 11.4 Å². The molecule has 0 unspecified atom stereocenters. The molecular formula is C15H16N4O3. The molecule has 2 amide bonds. The quantitative estimate of drug-likeness (QED) is 0.906. The number of fused-ring (bicyclic) bond motifs is 1. The monoisotopic (exact) mass is 300 g/mol. The molecule has 0 atom stereocenters. The summed E-state index contributed by atoms with van der Waals surface area (Å²) in [5, 5.41) is 9.61. The molecule has 0 saturated carbocycles. The minimum absolute atomic E-state index is 0.138. The molecule has 0 saturated heterocycles. The Bertz CT molecular complexity index is 706. The Hall–Kier alpha value is -2.83. The zero-order valence-electron chi connectivity index (χ0n) is 12.1. The Morgan fingerprint density at radius 1 is 1.18 bits per heavy atom. The third-order valence-corrected chi connectivity index (χ3v) is 3.25. The molecule has 0 radical (unpaired) electrons. The van der Waals surface area contributed by atoms with E-state index in [1.165, 1.54) is 13.1 Å². The van der Waals surface area contributed by atoms with E-state index in [0.29, 0.717) is 29.4 Å². The Morgan fingerprint density at radius 3 is 2.55 bits per heavy atom. The number of benzene rings is 1. The van der Waals surface area contributed by atoms with Crippen LogP contribution in [-0.2, 0) is 11.3 Å². The minimum atomic E-state index is -0.268. The number of hydrogen-bond acceptors (Lipinski definition) is 4. The van der Waals surface area contributed by atoms with Crippen LogP contribution in [0, 0.1) is 0 Å². The van der Waals surface area contributed by atoms with Gasteiger partial charge < -0.3 is 15.4 Å². The van der Waals surface area contributed by atoms with E-state index in [1.807, 2.05) is 0 Å². The van der Waals surface area contributed by atoms with Gasteiger partial charge in [-0.1, -0.05) is 0 Å². The first kappa shape index (κ1) is 14.1. The smallest absolute Gasteiger partial charge is 0.262 e. The summed E-state index contributed by atoms with van der Waals surface area (Å²) < 4.78 is 7.20. The maximum Gasteiger partial charge on any atom is 0.262 e. The summed E-state index contributed by atoms with van der Waals surface area (Å²) in [5.74, 6) is 0.106. The predicted molar refractivity (Wildman–Crippen MR) is 81.0 cm³/mol. The van der Waals surface area contributed by atoms with Crippen molar-refractivity contribution in [2.45, 2.75) is 19.9 Å².